The number of carbonyl (C=O) groups is 1. The van der Waals surface area contributed by atoms with Crippen molar-refractivity contribution in [2.24, 2.45) is 0 Å². The fraction of sp³-hybridized carbons (Fsp3) is 0.650. The summed E-state index contributed by atoms with van der Waals surface area (Å²) in [6.45, 7) is 8.34. The van der Waals surface area contributed by atoms with Gasteiger partial charge in [0.15, 0.2) is 0 Å². The van der Waals surface area contributed by atoms with Crippen LogP contribution in [0.5, 0.6) is 0 Å². The number of sulfonamides is 1. The summed E-state index contributed by atoms with van der Waals surface area (Å²) in [4.78, 5) is 14.4. The van der Waals surface area contributed by atoms with Crippen molar-refractivity contribution in [2.75, 3.05) is 43.3 Å². The molecule has 0 spiro atoms. The molecule has 1 fully saturated rings. The van der Waals surface area contributed by atoms with Crippen LogP contribution in [0.2, 0.25) is 0 Å². The Balaban J connectivity index is 1.76. The number of hydrogen-bond donors (Lipinski definition) is 1. The molecule has 1 aromatic rings. The summed E-state index contributed by atoms with van der Waals surface area (Å²) < 4.78 is 25.7. The van der Waals surface area contributed by atoms with Gasteiger partial charge in [-0.3, -0.25) is 9.10 Å². The number of nitrogens with one attached hydrogen (secondary N) is 1. The third kappa shape index (κ3) is 7.14. The molecule has 27 heavy (non-hydrogen) atoms. The van der Waals surface area contributed by atoms with E-state index in [2.05, 4.69) is 10.2 Å². The van der Waals surface area contributed by atoms with Crippen LogP contribution in [-0.2, 0) is 14.8 Å². The molecule has 152 valence electrons. The Morgan fingerprint density at radius 1 is 1.15 bits per heavy atom. The Hall–Kier alpha value is -1.60. The molecular formula is C20H33N3O3S. The van der Waals surface area contributed by atoms with E-state index in [1.165, 1.54) is 36.5 Å². The first-order chi connectivity index (χ1) is 12.8. The van der Waals surface area contributed by atoms with Gasteiger partial charge >= 0.3 is 0 Å². The van der Waals surface area contributed by atoms with Crippen molar-refractivity contribution in [1.29, 1.82) is 0 Å². The van der Waals surface area contributed by atoms with Crippen molar-refractivity contribution >= 4 is 21.6 Å². The monoisotopic (exact) mass is 395 g/mol. The normalized spacial score (nSPS) is 15.1. The van der Waals surface area contributed by atoms with Crippen molar-refractivity contribution in [3.63, 3.8) is 0 Å². The van der Waals surface area contributed by atoms with Crippen LogP contribution in [0, 0.1) is 13.8 Å². The molecule has 0 radical (unpaired) electrons. The third-order valence-electron chi connectivity index (χ3n) is 5.12. The highest BCUT2D eigenvalue weighted by Crippen LogP contribution is 2.21. The molecule has 0 aliphatic carbocycles. The molecule has 1 aliphatic rings. The third-order valence-corrected chi connectivity index (χ3v) is 6.31. The molecule has 2 rings (SSSR count). The predicted molar refractivity (Wildman–Crippen MR) is 111 cm³/mol. The molecule has 1 amide bonds. The maximum Gasteiger partial charge on any atom is 0.232 e. The second kappa shape index (κ2) is 10.1. The van der Waals surface area contributed by atoms with Gasteiger partial charge < -0.3 is 10.2 Å². The van der Waals surface area contributed by atoms with E-state index < -0.39 is 10.0 Å². The van der Waals surface area contributed by atoms with Gasteiger partial charge in [0.05, 0.1) is 11.9 Å². The summed E-state index contributed by atoms with van der Waals surface area (Å²) in [6.07, 6.45) is 5.57. The van der Waals surface area contributed by atoms with Gasteiger partial charge in [-0.1, -0.05) is 6.07 Å². The van der Waals surface area contributed by atoms with Crippen LogP contribution in [0.3, 0.4) is 0 Å². The minimum Gasteiger partial charge on any atom is -0.356 e. The van der Waals surface area contributed by atoms with Gasteiger partial charge in [-0.05, 0) is 82.4 Å². The van der Waals surface area contributed by atoms with Crippen molar-refractivity contribution in [3.8, 4) is 0 Å². The zero-order valence-corrected chi connectivity index (χ0v) is 17.6. The summed E-state index contributed by atoms with van der Waals surface area (Å²) in [5.74, 6) is -0.00930. The smallest absolute Gasteiger partial charge is 0.232 e. The minimum absolute atomic E-state index is 0.00930. The van der Waals surface area contributed by atoms with Gasteiger partial charge in [-0.2, -0.15) is 0 Å². The molecule has 1 heterocycles. The van der Waals surface area contributed by atoms with Gasteiger partial charge in [0, 0.05) is 19.5 Å². The Bertz CT molecular complexity index is 728. The summed E-state index contributed by atoms with van der Waals surface area (Å²) >= 11 is 0. The van der Waals surface area contributed by atoms with E-state index in [9.17, 15) is 13.2 Å². The van der Waals surface area contributed by atoms with Gasteiger partial charge in [0.2, 0.25) is 15.9 Å². The second-order valence-corrected chi connectivity index (χ2v) is 9.37. The standard InChI is InChI=1S/C20H33N3O3S/c1-17-9-10-19(16-18(17)2)23(27(3,25)26)15-6-8-20(24)21-11-7-14-22-12-4-5-13-22/h9-10,16H,4-8,11-15H2,1-3H3,(H,21,24). The maximum absolute atomic E-state index is 12.2. The van der Waals surface area contributed by atoms with Crippen molar-refractivity contribution in [2.45, 2.75) is 46.0 Å². The van der Waals surface area contributed by atoms with E-state index in [-0.39, 0.29) is 5.91 Å². The SMILES string of the molecule is Cc1ccc(N(CCCC(=O)NCCCN2CCCC2)S(C)(=O)=O)cc1C. The number of anilines is 1. The number of amides is 1. The van der Waals surface area contributed by atoms with Crippen LogP contribution in [0.15, 0.2) is 18.2 Å². The molecule has 0 unspecified atom stereocenters. The van der Waals surface area contributed by atoms with Crippen LogP contribution >= 0.6 is 0 Å². The van der Waals surface area contributed by atoms with Gasteiger partial charge in [0.25, 0.3) is 0 Å². The molecule has 1 N–H and O–H groups in total. The highest BCUT2D eigenvalue weighted by Gasteiger charge is 2.18. The second-order valence-electron chi connectivity index (χ2n) is 7.46. The fourth-order valence-corrected chi connectivity index (χ4v) is 4.33. The lowest BCUT2D eigenvalue weighted by Gasteiger charge is -2.23. The molecule has 1 aliphatic heterocycles. The molecule has 0 aromatic heterocycles. The number of benzene rings is 1. The molecule has 7 heteroatoms. The average molecular weight is 396 g/mol. The molecule has 0 bridgehead atoms. The lowest BCUT2D eigenvalue weighted by Crippen LogP contribution is -2.32. The number of hydrogen-bond acceptors (Lipinski definition) is 4. The number of aryl methyl sites for hydroxylation is 2. The first-order valence-corrected chi connectivity index (χ1v) is 11.7. The van der Waals surface area contributed by atoms with Crippen LogP contribution in [0.1, 0.15) is 43.2 Å². The molecule has 1 aromatic carbocycles. The lowest BCUT2D eigenvalue weighted by atomic mass is 10.1. The average Bonchev–Trinajstić information content (AvgIpc) is 3.11. The van der Waals surface area contributed by atoms with Crippen LogP contribution in [0.25, 0.3) is 0 Å². The molecule has 1 saturated heterocycles. The first-order valence-electron chi connectivity index (χ1n) is 9.81. The zero-order chi connectivity index (χ0) is 19.9. The van der Waals surface area contributed by atoms with E-state index in [4.69, 9.17) is 0 Å². The van der Waals surface area contributed by atoms with Gasteiger partial charge in [-0.25, -0.2) is 8.42 Å². The number of nitrogens with zero attached hydrogens (tertiary/aromatic N) is 2. The van der Waals surface area contributed by atoms with E-state index in [0.717, 1.165) is 24.1 Å². The highest BCUT2D eigenvalue weighted by atomic mass is 32.2. The van der Waals surface area contributed by atoms with Gasteiger partial charge in [-0.15, -0.1) is 0 Å². The number of likely N-dealkylation sites (tertiary alicyclic amines) is 1. The maximum atomic E-state index is 12.2. The molecule has 0 saturated carbocycles. The first kappa shape index (κ1) is 21.7. The van der Waals surface area contributed by atoms with E-state index in [0.29, 0.717) is 31.6 Å². The largest absolute Gasteiger partial charge is 0.356 e. The Morgan fingerprint density at radius 3 is 2.48 bits per heavy atom. The summed E-state index contributed by atoms with van der Waals surface area (Å²) in [7, 11) is -3.38. The fourth-order valence-electron chi connectivity index (χ4n) is 3.38. The number of rotatable bonds is 10. The lowest BCUT2D eigenvalue weighted by molar-refractivity contribution is -0.121. The minimum atomic E-state index is -3.38. The molecule has 0 atom stereocenters. The Morgan fingerprint density at radius 2 is 1.85 bits per heavy atom. The van der Waals surface area contributed by atoms with Gasteiger partial charge in [0.1, 0.15) is 0 Å². The molecular weight excluding hydrogens is 362 g/mol. The summed E-state index contributed by atoms with van der Waals surface area (Å²) in [5, 5.41) is 2.94. The topological polar surface area (TPSA) is 69.7 Å². The zero-order valence-electron chi connectivity index (χ0n) is 16.8. The van der Waals surface area contributed by atoms with Crippen molar-refractivity contribution in [1.82, 2.24) is 10.2 Å². The Kier molecular flexibility index (Phi) is 8.10. The highest BCUT2D eigenvalue weighted by molar-refractivity contribution is 7.92. The Labute approximate surface area is 164 Å². The quantitative estimate of drug-likeness (QED) is 0.618. The van der Waals surface area contributed by atoms with Crippen LogP contribution < -0.4 is 9.62 Å². The van der Waals surface area contributed by atoms with Crippen molar-refractivity contribution in [3.05, 3.63) is 29.3 Å². The summed E-state index contributed by atoms with van der Waals surface area (Å²) in [6, 6.07) is 5.63. The van der Waals surface area contributed by atoms with E-state index in [1.54, 1.807) is 0 Å². The van der Waals surface area contributed by atoms with Crippen molar-refractivity contribution < 1.29 is 13.2 Å². The predicted octanol–water partition coefficient (Wildman–Crippen LogP) is 2.45. The summed E-state index contributed by atoms with van der Waals surface area (Å²) in [5.41, 5.74) is 2.84. The van der Waals surface area contributed by atoms with Crippen LogP contribution in [0.4, 0.5) is 5.69 Å². The number of carbonyl (C=O) groups excluding carboxylic acids is 1. The van der Waals surface area contributed by atoms with Crippen LogP contribution in [-0.4, -0.2) is 58.2 Å². The van der Waals surface area contributed by atoms with E-state index >= 15 is 0 Å². The van der Waals surface area contributed by atoms with E-state index in [1.807, 2.05) is 32.0 Å². The molecule has 6 nitrogen and oxygen atoms in total.